The van der Waals surface area contributed by atoms with Crippen molar-refractivity contribution in [1.29, 1.82) is 0 Å². The lowest BCUT2D eigenvalue weighted by Gasteiger charge is -2.45. The van der Waals surface area contributed by atoms with Gasteiger partial charge in [0.2, 0.25) is 11.8 Å². The van der Waals surface area contributed by atoms with Crippen LogP contribution in [0, 0.1) is 16.7 Å². The Labute approximate surface area is 251 Å². The van der Waals surface area contributed by atoms with Crippen LogP contribution in [-0.2, 0) is 14.4 Å². The molecule has 0 radical (unpaired) electrons. The van der Waals surface area contributed by atoms with Gasteiger partial charge in [-0.2, -0.15) is 0 Å². The van der Waals surface area contributed by atoms with Gasteiger partial charge < -0.3 is 14.9 Å². The van der Waals surface area contributed by atoms with Crippen molar-refractivity contribution in [1.82, 2.24) is 14.7 Å². The van der Waals surface area contributed by atoms with Crippen molar-refractivity contribution >= 4 is 29.4 Å². The fraction of sp³-hybridized carbons (Fsp3) is 0.727. The molecule has 0 spiro atoms. The number of nitrogens with zero attached hydrogens (tertiary/aromatic N) is 3. The molecule has 4 rings (SSSR count). The first-order valence-electron chi connectivity index (χ1n) is 15.3. The second-order valence-electron chi connectivity index (χ2n) is 15.4. The number of amides is 2. The van der Waals surface area contributed by atoms with Crippen LogP contribution in [0.5, 0.6) is 0 Å². The second kappa shape index (κ2) is 11.5. The highest BCUT2D eigenvalue weighted by atomic mass is 35.5. The molecule has 0 aromatic heterocycles. The number of carbonyl (C=O) groups excluding carboxylic acids is 2. The van der Waals surface area contributed by atoms with Crippen molar-refractivity contribution in [3.8, 4) is 0 Å². The maximum Gasteiger partial charge on any atom is 0.326 e. The molecule has 7 nitrogen and oxygen atoms in total. The summed E-state index contributed by atoms with van der Waals surface area (Å²) in [6.07, 6.45) is 4.12. The molecule has 1 aromatic carbocycles. The largest absolute Gasteiger partial charge is 0.480 e. The summed E-state index contributed by atoms with van der Waals surface area (Å²) in [4.78, 5) is 46.8. The maximum atomic E-state index is 14.4. The smallest absolute Gasteiger partial charge is 0.326 e. The van der Waals surface area contributed by atoms with Crippen LogP contribution in [0.1, 0.15) is 99.0 Å². The highest BCUT2D eigenvalue weighted by molar-refractivity contribution is 6.30. The molecule has 2 saturated heterocycles. The van der Waals surface area contributed by atoms with Crippen LogP contribution in [0.2, 0.25) is 5.02 Å². The van der Waals surface area contributed by atoms with Gasteiger partial charge in [0.05, 0.1) is 12.0 Å². The van der Waals surface area contributed by atoms with E-state index in [0.717, 1.165) is 31.2 Å². The van der Waals surface area contributed by atoms with Crippen molar-refractivity contribution in [3.05, 3.63) is 34.9 Å². The van der Waals surface area contributed by atoms with E-state index in [-0.39, 0.29) is 59.7 Å². The quantitative estimate of drug-likeness (QED) is 0.453. The summed E-state index contributed by atoms with van der Waals surface area (Å²) < 4.78 is 0. The van der Waals surface area contributed by atoms with Gasteiger partial charge >= 0.3 is 5.97 Å². The molecular weight excluding hydrogens is 538 g/mol. The summed E-state index contributed by atoms with van der Waals surface area (Å²) in [7, 11) is 0. The minimum absolute atomic E-state index is 0.0458. The fourth-order valence-electron chi connectivity index (χ4n) is 7.03. The number of likely N-dealkylation sites (tertiary alicyclic amines) is 2. The van der Waals surface area contributed by atoms with Crippen molar-refractivity contribution in [2.24, 2.45) is 16.7 Å². The summed E-state index contributed by atoms with van der Waals surface area (Å²) in [6.45, 7) is 18.3. The molecule has 1 aliphatic carbocycles. The Kier molecular flexibility index (Phi) is 8.94. The van der Waals surface area contributed by atoms with Gasteiger partial charge in [0.1, 0.15) is 6.04 Å². The topological polar surface area (TPSA) is 81.2 Å². The van der Waals surface area contributed by atoms with Crippen LogP contribution in [0.4, 0.5) is 0 Å². The average Bonchev–Trinajstić information content (AvgIpc) is 3.50. The predicted molar refractivity (Wildman–Crippen MR) is 163 cm³/mol. The number of carboxylic acids is 1. The number of hydrogen-bond donors (Lipinski definition) is 1. The molecule has 0 bridgehead atoms. The second-order valence-corrected chi connectivity index (χ2v) is 15.9. The highest BCUT2D eigenvalue weighted by Crippen LogP contribution is 2.42. The molecule has 1 N–H and O–H groups in total. The van der Waals surface area contributed by atoms with Gasteiger partial charge in [-0.15, -0.1) is 0 Å². The third kappa shape index (κ3) is 6.93. The Hall–Kier alpha value is -2.12. The van der Waals surface area contributed by atoms with E-state index in [0.29, 0.717) is 18.1 Å². The molecule has 2 amide bonds. The van der Waals surface area contributed by atoms with E-state index in [2.05, 4.69) is 39.5 Å². The van der Waals surface area contributed by atoms with E-state index in [1.807, 2.05) is 49.9 Å². The molecule has 2 aliphatic heterocycles. The lowest BCUT2D eigenvalue weighted by atomic mass is 9.74. The lowest BCUT2D eigenvalue weighted by Crippen LogP contribution is -2.54. The normalized spacial score (nSPS) is 27.7. The summed E-state index contributed by atoms with van der Waals surface area (Å²) in [5, 5.41) is 11.0. The third-order valence-corrected chi connectivity index (χ3v) is 9.95. The van der Waals surface area contributed by atoms with Crippen LogP contribution in [0.25, 0.3) is 0 Å². The Morgan fingerprint density at radius 1 is 0.927 bits per heavy atom. The van der Waals surface area contributed by atoms with Crippen molar-refractivity contribution in [2.45, 2.75) is 117 Å². The summed E-state index contributed by atoms with van der Waals surface area (Å²) in [5.41, 5.74) is 0.550. The standard InChI is InChI=1S/C33H50ClN3O4/c1-31(2,3)30(41)37(23-13-15-33(7,8)16-14-23)24-17-27(29(39)40)36(18-24)28(38)26-20-35(32(4,5)6)19-25(26)21-9-11-22(34)12-10-21/h9-12,23-27H,13-20H2,1-8H3,(H,39,40)/t24-,25-,26+,27-/m0/s1. The van der Waals surface area contributed by atoms with E-state index in [9.17, 15) is 19.5 Å². The third-order valence-electron chi connectivity index (χ3n) is 9.70. The highest BCUT2D eigenvalue weighted by Gasteiger charge is 2.51. The van der Waals surface area contributed by atoms with E-state index in [1.165, 1.54) is 0 Å². The van der Waals surface area contributed by atoms with Crippen LogP contribution in [-0.4, -0.2) is 80.9 Å². The molecule has 1 aromatic rings. The first-order valence-corrected chi connectivity index (χ1v) is 15.6. The van der Waals surface area contributed by atoms with Crippen molar-refractivity contribution < 1.29 is 19.5 Å². The number of hydrogen-bond acceptors (Lipinski definition) is 4. The van der Waals surface area contributed by atoms with Gasteiger partial charge in [0.25, 0.3) is 0 Å². The number of halogens is 1. The SMILES string of the molecule is CC1(C)CCC(N(C(=O)C(C)(C)C)[C@H]2C[C@@H](C(=O)O)N(C(=O)[C@@H]3CN(C(C)(C)C)C[C@H]3c3ccc(Cl)cc3)C2)CC1. The first-order chi connectivity index (χ1) is 18.9. The molecule has 0 unspecified atom stereocenters. The van der Waals surface area contributed by atoms with Gasteiger partial charge in [0, 0.05) is 54.0 Å². The molecule has 41 heavy (non-hydrogen) atoms. The van der Waals surface area contributed by atoms with Gasteiger partial charge in [-0.25, -0.2) is 4.79 Å². The molecule has 3 fully saturated rings. The first kappa shape index (κ1) is 31.8. The Morgan fingerprint density at radius 3 is 2.02 bits per heavy atom. The van der Waals surface area contributed by atoms with Crippen LogP contribution in [0.3, 0.4) is 0 Å². The number of carboxylic acid groups (broad SMARTS) is 1. The number of rotatable bonds is 5. The molecule has 2 heterocycles. The van der Waals surface area contributed by atoms with Crippen LogP contribution in [0.15, 0.2) is 24.3 Å². The Morgan fingerprint density at radius 2 is 1.51 bits per heavy atom. The zero-order valence-electron chi connectivity index (χ0n) is 26.2. The van der Waals surface area contributed by atoms with Crippen LogP contribution >= 0.6 is 11.6 Å². The van der Waals surface area contributed by atoms with E-state index in [1.54, 1.807) is 4.90 Å². The number of aliphatic carboxylic acids is 1. The Balaban J connectivity index is 1.64. The lowest BCUT2D eigenvalue weighted by molar-refractivity contribution is -0.150. The molecule has 228 valence electrons. The average molecular weight is 588 g/mol. The summed E-state index contributed by atoms with van der Waals surface area (Å²) >= 11 is 6.18. The molecule has 8 heteroatoms. The van der Waals surface area contributed by atoms with Crippen molar-refractivity contribution in [2.75, 3.05) is 19.6 Å². The minimum atomic E-state index is -0.998. The van der Waals surface area contributed by atoms with Gasteiger partial charge in [-0.05, 0) is 69.6 Å². The van der Waals surface area contributed by atoms with Gasteiger partial charge in [0.15, 0.2) is 0 Å². The summed E-state index contributed by atoms with van der Waals surface area (Å²) in [6, 6.07) is 6.47. The molecular formula is C33H50ClN3O4. The zero-order valence-corrected chi connectivity index (χ0v) is 27.0. The molecule has 1 saturated carbocycles. The monoisotopic (exact) mass is 587 g/mol. The van der Waals surface area contributed by atoms with E-state index in [4.69, 9.17) is 11.6 Å². The van der Waals surface area contributed by atoms with Crippen molar-refractivity contribution in [3.63, 3.8) is 0 Å². The number of benzene rings is 1. The van der Waals surface area contributed by atoms with Gasteiger partial charge in [-0.3, -0.25) is 14.5 Å². The molecule has 3 aliphatic rings. The number of carbonyl (C=O) groups is 3. The molecule has 4 atom stereocenters. The van der Waals surface area contributed by atoms with Gasteiger partial charge in [-0.1, -0.05) is 58.4 Å². The van der Waals surface area contributed by atoms with Crippen LogP contribution < -0.4 is 0 Å². The maximum absolute atomic E-state index is 14.4. The summed E-state index contributed by atoms with van der Waals surface area (Å²) in [5.74, 6) is -1.52. The minimum Gasteiger partial charge on any atom is -0.480 e. The fourth-order valence-corrected chi connectivity index (χ4v) is 7.16. The predicted octanol–water partition coefficient (Wildman–Crippen LogP) is 6.05. The van der Waals surface area contributed by atoms with E-state index < -0.39 is 17.4 Å². The Bertz CT molecular complexity index is 1130. The zero-order chi connectivity index (χ0) is 30.5. The van der Waals surface area contributed by atoms with E-state index >= 15 is 0 Å².